The van der Waals surface area contributed by atoms with Gasteiger partial charge >= 0.3 is 17.9 Å². The van der Waals surface area contributed by atoms with E-state index in [-0.39, 0.29) is 0 Å². The van der Waals surface area contributed by atoms with Crippen molar-refractivity contribution >= 4 is 17.9 Å². The molecule has 0 fully saturated rings. The highest BCUT2D eigenvalue weighted by Crippen LogP contribution is 2.12. The molecule has 7 nitrogen and oxygen atoms in total. The predicted octanol–water partition coefficient (Wildman–Crippen LogP) is 1.14. The summed E-state index contributed by atoms with van der Waals surface area (Å²) in [6.45, 7) is 9.36. The lowest BCUT2D eigenvalue weighted by atomic mass is 10.2. The molecule has 0 rings (SSSR count). The number of hydrogen-bond acceptors (Lipinski definition) is 6. The van der Waals surface area contributed by atoms with Gasteiger partial charge in [-0.05, 0) is 41.5 Å². The van der Waals surface area contributed by atoms with E-state index in [0.29, 0.717) is 0 Å². The Kier molecular flexibility index (Phi) is 6.64. The first-order valence-corrected chi connectivity index (χ1v) is 6.25. The SMILES string of the molecule is C[C@H](OC(=O)[C@H](C)OC(=O)[C@H](C)OC(C)(C)C)C(=O)O. The van der Waals surface area contributed by atoms with Crippen molar-refractivity contribution in [2.45, 2.75) is 65.5 Å². The number of hydrogen-bond donors (Lipinski definition) is 1. The molecular formula is C13H22O7. The maximum Gasteiger partial charge on any atom is 0.347 e. The van der Waals surface area contributed by atoms with E-state index in [1.807, 2.05) is 0 Å². The summed E-state index contributed by atoms with van der Waals surface area (Å²) < 4.78 is 14.8. The van der Waals surface area contributed by atoms with Gasteiger partial charge < -0.3 is 19.3 Å². The van der Waals surface area contributed by atoms with Crippen LogP contribution in [0, 0.1) is 0 Å². The first-order chi connectivity index (χ1) is 8.94. The minimum Gasteiger partial charge on any atom is -0.479 e. The average molecular weight is 290 g/mol. The summed E-state index contributed by atoms with van der Waals surface area (Å²) in [5, 5.41) is 8.61. The van der Waals surface area contributed by atoms with Crippen LogP contribution in [0.25, 0.3) is 0 Å². The molecule has 20 heavy (non-hydrogen) atoms. The lowest BCUT2D eigenvalue weighted by Gasteiger charge is -2.24. The number of rotatable bonds is 6. The second-order valence-electron chi connectivity index (χ2n) is 5.37. The fourth-order valence-corrected chi connectivity index (χ4v) is 1.22. The smallest absolute Gasteiger partial charge is 0.347 e. The molecule has 0 spiro atoms. The molecule has 0 aromatic heterocycles. The van der Waals surface area contributed by atoms with Gasteiger partial charge in [0, 0.05) is 0 Å². The van der Waals surface area contributed by atoms with Gasteiger partial charge in [0.2, 0.25) is 0 Å². The molecule has 0 aromatic carbocycles. The van der Waals surface area contributed by atoms with Crippen LogP contribution in [0.5, 0.6) is 0 Å². The Morgan fingerprint density at radius 1 is 0.850 bits per heavy atom. The Morgan fingerprint density at radius 2 is 1.25 bits per heavy atom. The van der Waals surface area contributed by atoms with Gasteiger partial charge in [-0.15, -0.1) is 0 Å². The quantitative estimate of drug-likeness (QED) is 0.732. The van der Waals surface area contributed by atoms with Crippen LogP contribution in [0.3, 0.4) is 0 Å². The average Bonchev–Trinajstić information content (AvgIpc) is 2.25. The van der Waals surface area contributed by atoms with Crippen molar-refractivity contribution in [2.24, 2.45) is 0 Å². The molecule has 0 amide bonds. The second kappa shape index (κ2) is 7.23. The van der Waals surface area contributed by atoms with Crippen molar-refractivity contribution in [1.82, 2.24) is 0 Å². The number of carbonyl (C=O) groups is 3. The summed E-state index contributed by atoms with van der Waals surface area (Å²) in [7, 11) is 0. The van der Waals surface area contributed by atoms with Crippen molar-refractivity contribution in [3.8, 4) is 0 Å². The number of aliphatic carboxylic acids is 1. The highest BCUT2D eigenvalue weighted by Gasteiger charge is 2.28. The Labute approximate surface area is 118 Å². The molecule has 0 saturated carbocycles. The highest BCUT2D eigenvalue weighted by atomic mass is 16.6. The zero-order valence-electron chi connectivity index (χ0n) is 12.6. The fourth-order valence-electron chi connectivity index (χ4n) is 1.22. The molecule has 0 saturated heterocycles. The second-order valence-corrected chi connectivity index (χ2v) is 5.37. The van der Waals surface area contributed by atoms with Crippen LogP contribution in [0.2, 0.25) is 0 Å². The molecule has 0 aliphatic rings. The lowest BCUT2D eigenvalue weighted by Crippen LogP contribution is -2.37. The van der Waals surface area contributed by atoms with E-state index in [1.165, 1.54) is 20.8 Å². The molecular weight excluding hydrogens is 268 g/mol. The Morgan fingerprint density at radius 3 is 1.65 bits per heavy atom. The van der Waals surface area contributed by atoms with E-state index in [4.69, 9.17) is 14.6 Å². The van der Waals surface area contributed by atoms with Crippen LogP contribution in [0.4, 0.5) is 0 Å². The molecule has 0 bridgehead atoms. The van der Waals surface area contributed by atoms with E-state index in [0.717, 1.165) is 0 Å². The van der Waals surface area contributed by atoms with Gasteiger partial charge in [-0.3, -0.25) is 0 Å². The van der Waals surface area contributed by atoms with Gasteiger partial charge in [0.15, 0.2) is 18.3 Å². The van der Waals surface area contributed by atoms with Gasteiger partial charge in [0.25, 0.3) is 0 Å². The van der Waals surface area contributed by atoms with E-state index in [9.17, 15) is 14.4 Å². The third kappa shape index (κ3) is 7.08. The first-order valence-electron chi connectivity index (χ1n) is 6.25. The van der Waals surface area contributed by atoms with E-state index >= 15 is 0 Å². The molecule has 3 atom stereocenters. The van der Waals surface area contributed by atoms with Crippen LogP contribution in [0.15, 0.2) is 0 Å². The molecule has 116 valence electrons. The number of carboxylic acids is 1. The minimum absolute atomic E-state index is 0.528. The van der Waals surface area contributed by atoms with Crippen LogP contribution >= 0.6 is 0 Å². The van der Waals surface area contributed by atoms with Crippen LogP contribution < -0.4 is 0 Å². The van der Waals surface area contributed by atoms with E-state index in [2.05, 4.69) is 4.74 Å². The predicted molar refractivity (Wildman–Crippen MR) is 69.0 cm³/mol. The molecule has 0 aromatic rings. The molecule has 0 aliphatic heterocycles. The molecule has 0 radical (unpaired) electrons. The molecule has 0 heterocycles. The van der Waals surface area contributed by atoms with Crippen molar-refractivity contribution in [1.29, 1.82) is 0 Å². The van der Waals surface area contributed by atoms with Crippen LogP contribution in [-0.2, 0) is 28.6 Å². The van der Waals surface area contributed by atoms with Crippen LogP contribution in [-0.4, -0.2) is 46.9 Å². The molecule has 7 heteroatoms. The maximum atomic E-state index is 11.7. The summed E-state index contributed by atoms with van der Waals surface area (Å²) in [5.41, 5.74) is -0.528. The van der Waals surface area contributed by atoms with Gasteiger partial charge in [0.1, 0.15) is 0 Å². The van der Waals surface area contributed by atoms with Crippen molar-refractivity contribution < 1.29 is 33.7 Å². The van der Waals surface area contributed by atoms with Gasteiger partial charge in [0.05, 0.1) is 5.60 Å². The summed E-state index contributed by atoms with van der Waals surface area (Å²) in [4.78, 5) is 33.7. The van der Waals surface area contributed by atoms with Crippen molar-refractivity contribution in [3.05, 3.63) is 0 Å². The number of carbonyl (C=O) groups excluding carboxylic acids is 2. The third-order valence-electron chi connectivity index (χ3n) is 2.13. The third-order valence-corrected chi connectivity index (χ3v) is 2.13. The Balaban J connectivity index is 4.38. The summed E-state index contributed by atoms with van der Waals surface area (Å²) >= 11 is 0. The molecule has 1 N–H and O–H groups in total. The van der Waals surface area contributed by atoms with Gasteiger partial charge in [-0.25, -0.2) is 14.4 Å². The van der Waals surface area contributed by atoms with Gasteiger partial charge in [-0.1, -0.05) is 0 Å². The van der Waals surface area contributed by atoms with Crippen LogP contribution in [0.1, 0.15) is 41.5 Å². The lowest BCUT2D eigenvalue weighted by molar-refractivity contribution is -0.182. The number of ether oxygens (including phenoxy) is 3. The monoisotopic (exact) mass is 290 g/mol. The molecule has 0 aliphatic carbocycles. The van der Waals surface area contributed by atoms with Crippen molar-refractivity contribution in [2.75, 3.05) is 0 Å². The summed E-state index contributed by atoms with van der Waals surface area (Å²) in [6, 6.07) is 0. The summed E-state index contributed by atoms with van der Waals surface area (Å²) in [6.07, 6.45) is -3.34. The minimum atomic E-state index is -1.30. The zero-order valence-corrected chi connectivity index (χ0v) is 12.6. The Bertz CT molecular complexity index is 369. The summed E-state index contributed by atoms with van der Waals surface area (Å²) in [5.74, 6) is -2.91. The zero-order chi connectivity index (χ0) is 16.1. The maximum absolute atomic E-state index is 11.7. The van der Waals surface area contributed by atoms with E-state index in [1.54, 1.807) is 20.8 Å². The van der Waals surface area contributed by atoms with Crippen molar-refractivity contribution in [3.63, 3.8) is 0 Å². The fraction of sp³-hybridized carbons (Fsp3) is 0.769. The standard InChI is InChI=1S/C13H22O7/c1-7(10(14)15)18-11(16)8(2)19-12(17)9(3)20-13(4,5)6/h7-9H,1-6H3,(H,14,15)/t7-,8-,9-/m0/s1. The number of carboxylic acid groups (broad SMARTS) is 1. The Hall–Kier alpha value is -1.63. The topological polar surface area (TPSA) is 99.1 Å². The largest absolute Gasteiger partial charge is 0.479 e. The van der Waals surface area contributed by atoms with Gasteiger partial charge in [-0.2, -0.15) is 0 Å². The highest BCUT2D eigenvalue weighted by molar-refractivity contribution is 5.83. The normalized spacial score (nSPS) is 15.9. The first kappa shape index (κ1) is 18.4. The number of esters is 2. The molecule has 0 unspecified atom stereocenters. The van der Waals surface area contributed by atoms with E-state index < -0.39 is 41.8 Å².